The summed E-state index contributed by atoms with van der Waals surface area (Å²) in [5.41, 5.74) is 0. The molecule has 2 heterocycles. The average molecular weight is 286 g/mol. The molecule has 0 radical (unpaired) electrons. The fraction of sp³-hybridized carbons (Fsp3) is 1.00. The van der Waals surface area contributed by atoms with Gasteiger partial charge in [0.1, 0.15) is 0 Å². The molecule has 0 amide bonds. The van der Waals surface area contributed by atoms with E-state index >= 15 is 0 Å². The first-order valence-electron chi connectivity index (χ1n) is 8.91. The second kappa shape index (κ2) is 12.6. The van der Waals surface area contributed by atoms with Crippen LogP contribution in [0.3, 0.4) is 0 Å². The van der Waals surface area contributed by atoms with Crippen LogP contribution in [0.2, 0.25) is 0 Å². The Morgan fingerprint density at radius 1 is 0.750 bits per heavy atom. The van der Waals surface area contributed by atoms with Crippen molar-refractivity contribution in [3.05, 3.63) is 0 Å². The fourth-order valence-electron chi connectivity index (χ4n) is 2.90. The van der Waals surface area contributed by atoms with Crippen molar-refractivity contribution in [2.24, 2.45) is 5.92 Å². The van der Waals surface area contributed by atoms with Crippen molar-refractivity contribution >= 4 is 0 Å². The summed E-state index contributed by atoms with van der Waals surface area (Å²) in [6.45, 7) is 20.6. The summed E-state index contributed by atoms with van der Waals surface area (Å²) in [6, 6.07) is 0. The second-order valence-corrected chi connectivity index (χ2v) is 5.48. The van der Waals surface area contributed by atoms with Crippen LogP contribution in [0.5, 0.6) is 0 Å². The van der Waals surface area contributed by atoms with Gasteiger partial charge >= 0.3 is 0 Å². The maximum Gasteiger partial charge on any atom is 0.0110 e. The molecule has 0 aromatic heterocycles. The number of rotatable bonds is 3. The highest BCUT2D eigenvalue weighted by Crippen LogP contribution is 2.17. The predicted molar refractivity (Wildman–Crippen MR) is 91.5 cm³/mol. The first kappa shape index (κ1) is 19.9. The van der Waals surface area contributed by atoms with E-state index in [2.05, 4.69) is 28.7 Å². The average Bonchev–Trinajstić information content (AvgIpc) is 2.54. The van der Waals surface area contributed by atoms with Crippen molar-refractivity contribution in [1.82, 2.24) is 14.7 Å². The van der Waals surface area contributed by atoms with Gasteiger partial charge in [0, 0.05) is 32.7 Å². The van der Waals surface area contributed by atoms with E-state index in [1.165, 1.54) is 65.2 Å². The Morgan fingerprint density at radius 3 is 1.65 bits per heavy atom. The molecule has 0 aromatic rings. The van der Waals surface area contributed by atoms with E-state index < -0.39 is 0 Å². The maximum absolute atomic E-state index is 2.68. The summed E-state index contributed by atoms with van der Waals surface area (Å²) in [6.07, 6.45) is 2.81. The lowest BCUT2D eigenvalue weighted by molar-refractivity contribution is 0.103. The quantitative estimate of drug-likeness (QED) is 0.789. The lowest BCUT2D eigenvalue weighted by Crippen LogP contribution is -2.48. The zero-order valence-electron chi connectivity index (χ0n) is 15.0. The Kier molecular flexibility index (Phi) is 12.5. The van der Waals surface area contributed by atoms with Gasteiger partial charge in [0.25, 0.3) is 0 Å². The van der Waals surface area contributed by atoms with Gasteiger partial charge in [-0.2, -0.15) is 0 Å². The third-order valence-electron chi connectivity index (χ3n) is 4.27. The fourth-order valence-corrected chi connectivity index (χ4v) is 2.90. The molecule has 0 N–H and O–H groups in total. The molecule has 0 bridgehead atoms. The van der Waals surface area contributed by atoms with E-state index in [9.17, 15) is 0 Å². The van der Waals surface area contributed by atoms with Gasteiger partial charge < -0.3 is 14.7 Å². The van der Waals surface area contributed by atoms with E-state index in [1.54, 1.807) is 0 Å². The molecule has 2 aliphatic rings. The zero-order valence-corrected chi connectivity index (χ0v) is 15.0. The van der Waals surface area contributed by atoms with E-state index in [0.717, 1.165) is 5.92 Å². The van der Waals surface area contributed by atoms with Crippen LogP contribution in [0.1, 0.15) is 47.5 Å². The summed E-state index contributed by atoms with van der Waals surface area (Å²) in [7, 11) is 2.25. The molecular formula is C17H39N3. The van der Waals surface area contributed by atoms with Gasteiger partial charge in [0.05, 0.1) is 0 Å². The van der Waals surface area contributed by atoms with Crippen LogP contribution in [-0.4, -0.2) is 74.1 Å². The molecule has 2 fully saturated rings. The molecular weight excluding hydrogens is 246 g/mol. The van der Waals surface area contributed by atoms with Gasteiger partial charge in [0.2, 0.25) is 0 Å². The molecule has 0 atom stereocenters. The number of hydrogen-bond acceptors (Lipinski definition) is 3. The SMILES string of the molecule is CC.CC.CCN1CCN(CC2CCN(C)CC2)CC1. The molecule has 0 aromatic carbocycles. The first-order valence-corrected chi connectivity index (χ1v) is 8.91. The molecule has 0 saturated carbocycles. The van der Waals surface area contributed by atoms with Crippen molar-refractivity contribution in [2.45, 2.75) is 47.5 Å². The lowest BCUT2D eigenvalue weighted by Gasteiger charge is -2.38. The van der Waals surface area contributed by atoms with Crippen molar-refractivity contribution in [3.8, 4) is 0 Å². The topological polar surface area (TPSA) is 9.72 Å². The third kappa shape index (κ3) is 7.61. The smallest absolute Gasteiger partial charge is 0.0110 e. The minimum absolute atomic E-state index is 0.962. The Labute approximate surface area is 128 Å². The number of nitrogens with zero attached hydrogens (tertiary/aromatic N) is 3. The summed E-state index contributed by atoms with van der Waals surface area (Å²) >= 11 is 0. The van der Waals surface area contributed by atoms with Gasteiger partial charge in [-0.05, 0) is 45.4 Å². The predicted octanol–water partition coefficient (Wildman–Crippen LogP) is 3.02. The van der Waals surface area contributed by atoms with Crippen molar-refractivity contribution in [3.63, 3.8) is 0 Å². The normalized spacial score (nSPS) is 22.5. The minimum atomic E-state index is 0.962. The monoisotopic (exact) mass is 285 g/mol. The Hall–Kier alpha value is -0.120. The molecule has 2 rings (SSSR count). The summed E-state index contributed by atoms with van der Waals surface area (Å²) in [5, 5.41) is 0. The molecule has 0 spiro atoms. The van der Waals surface area contributed by atoms with E-state index in [1.807, 2.05) is 27.7 Å². The number of likely N-dealkylation sites (tertiary alicyclic amines) is 1. The molecule has 3 nitrogen and oxygen atoms in total. The Bertz CT molecular complexity index is 192. The molecule has 0 aliphatic carbocycles. The van der Waals surface area contributed by atoms with Gasteiger partial charge in [-0.15, -0.1) is 0 Å². The van der Waals surface area contributed by atoms with E-state index in [4.69, 9.17) is 0 Å². The van der Waals surface area contributed by atoms with E-state index in [-0.39, 0.29) is 0 Å². The summed E-state index contributed by atoms with van der Waals surface area (Å²) < 4.78 is 0. The summed E-state index contributed by atoms with van der Waals surface area (Å²) in [4.78, 5) is 7.71. The molecule has 2 saturated heterocycles. The Balaban J connectivity index is 0.000000829. The number of piperazine rings is 1. The molecule has 3 heteroatoms. The van der Waals surface area contributed by atoms with Gasteiger partial charge in [-0.25, -0.2) is 0 Å². The van der Waals surface area contributed by atoms with Crippen LogP contribution in [-0.2, 0) is 0 Å². The van der Waals surface area contributed by atoms with E-state index in [0.29, 0.717) is 0 Å². The van der Waals surface area contributed by atoms with Crippen LogP contribution in [0.15, 0.2) is 0 Å². The number of piperidine rings is 1. The maximum atomic E-state index is 2.68. The molecule has 122 valence electrons. The van der Waals surface area contributed by atoms with Gasteiger partial charge in [-0.3, -0.25) is 0 Å². The standard InChI is InChI=1S/C13H27N3.2C2H6/c1-3-15-8-10-16(11-9-15)12-13-4-6-14(2)7-5-13;2*1-2/h13H,3-12H2,1-2H3;2*1-2H3. The lowest BCUT2D eigenvalue weighted by atomic mass is 9.96. The van der Waals surface area contributed by atoms with Gasteiger partial charge in [0.15, 0.2) is 0 Å². The van der Waals surface area contributed by atoms with Gasteiger partial charge in [-0.1, -0.05) is 34.6 Å². The van der Waals surface area contributed by atoms with Crippen LogP contribution >= 0.6 is 0 Å². The molecule has 2 aliphatic heterocycles. The highest BCUT2D eigenvalue weighted by molar-refractivity contribution is 4.77. The largest absolute Gasteiger partial charge is 0.306 e. The zero-order chi connectivity index (χ0) is 15.4. The third-order valence-corrected chi connectivity index (χ3v) is 4.27. The van der Waals surface area contributed by atoms with Crippen LogP contribution in [0.25, 0.3) is 0 Å². The second-order valence-electron chi connectivity index (χ2n) is 5.48. The molecule has 20 heavy (non-hydrogen) atoms. The van der Waals surface area contributed by atoms with Crippen LogP contribution in [0, 0.1) is 5.92 Å². The van der Waals surface area contributed by atoms with Crippen LogP contribution in [0.4, 0.5) is 0 Å². The summed E-state index contributed by atoms with van der Waals surface area (Å²) in [5.74, 6) is 0.962. The number of likely N-dealkylation sites (N-methyl/N-ethyl adjacent to an activating group) is 1. The highest BCUT2D eigenvalue weighted by Gasteiger charge is 2.21. The minimum Gasteiger partial charge on any atom is -0.306 e. The van der Waals surface area contributed by atoms with Crippen molar-refractivity contribution < 1.29 is 0 Å². The van der Waals surface area contributed by atoms with Crippen LogP contribution < -0.4 is 0 Å². The first-order chi connectivity index (χ1) is 9.78. The Morgan fingerprint density at radius 2 is 1.20 bits per heavy atom. The van der Waals surface area contributed by atoms with Crippen molar-refractivity contribution in [2.75, 3.05) is 59.4 Å². The molecule has 0 unspecified atom stereocenters. The van der Waals surface area contributed by atoms with Crippen molar-refractivity contribution in [1.29, 1.82) is 0 Å². The number of hydrogen-bond donors (Lipinski definition) is 0. The highest BCUT2D eigenvalue weighted by atomic mass is 15.3.